The van der Waals surface area contributed by atoms with Crippen molar-refractivity contribution in [3.63, 3.8) is 0 Å². The number of aromatic nitrogens is 2. The predicted octanol–water partition coefficient (Wildman–Crippen LogP) is 2.18. The van der Waals surface area contributed by atoms with Gasteiger partial charge in [0.1, 0.15) is 5.82 Å². The molecule has 1 heterocycles. The average molecular weight is 205 g/mol. The van der Waals surface area contributed by atoms with Crippen LogP contribution in [0.4, 0.5) is 0 Å². The van der Waals surface area contributed by atoms with E-state index >= 15 is 0 Å². The van der Waals surface area contributed by atoms with E-state index in [0.29, 0.717) is 11.8 Å². The first kappa shape index (κ1) is 10.6. The molecule has 1 aromatic rings. The molecule has 15 heavy (non-hydrogen) atoms. The van der Waals surface area contributed by atoms with Gasteiger partial charge in [0.15, 0.2) is 0 Å². The van der Waals surface area contributed by atoms with Crippen molar-refractivity contribution >= 4 is 0 Å². The second-order valence-electron chi connectivity index (χ2n) is 4.97. The molecule has 1 aliphatic carbocycles. The van der Waals surface area contributed by atoms with E-state index in [4.69, 9.17) is 5.73 Å². The molecule has 2 rings (SSSR count). The van der Waals surface area contributed by atoms with Gasteiger partial charge in [-0.25, -0.2) is 9.97 Å². The average Bonchev–Trinajstić information content (AvgIpc) is 2.26. The minimum absolute atomic E-state index is 0.268. The molecule has 1 saturated carbocycles. The summed E-state index contributed by atoms with van der Waals surface area (Å²) in [6.07, 6.45) is 6.01. The Morgan fingerprint density at radius 3 is 2.33 bits per heavy atom. The Morgan fingerprint density at radius 1 is 1.40 bits per heavy atom. The summed E-state index contributed by atoms with van der Waals surface area (Å²) in [5.74, 6) is 1.79. The van der Waals surface area contributed by atoms with E-state index in [9.17, 15) is 0 Å². The Hall–Kier alpha value is -0.960. The minimum Gasteiger partial charge on any atom is -0.319 e. The molecule has 2 N–H and O–H groups in total. The van der Waals surface area contributed by atoms with E-state index in [0.717, 1.165) is 12.2 Å². The van der Waals surface area contributed by atoms with Gasteiger partial charge in [0.25, 0.3) is 0 Å². The zero-order valence-corrected chi connectivity index (χ0v) is 9.70. The van der Waals surface area contributed by atoms with Crippen molar-refractivity contribution in [3.8, 4) is 0 Å². The first-order chi connectivity index (χ1) is 7.04. The third kappa shape index (κ3) is 1.65. The first-order valence-corrected chi connectivity index (χ1v) is 5.65. The molecule has 0 aromatic carbocycles. The Bertz CT molecular complexity index is 344. The summed E-state index contributed by atoms with van der Waals surface area (Å²) < 4.78 is 0. The van der Waals surface area contributed by atoms with Gasteiger partial charge in [-0.1, -0.05) is 20.8 Å². The topological polar surface area (TPSA) is 51.8 Å². The highest BCUT2D eigenvalue weighted by molar-refractivity contribution is 5.17. The second-order valence-corrected chi connectivity index (χ2v) is 4.97. The maximum Gasteiger partial charge on any atom is 0.148 e. The SMILES string of the molecule is CC(C)c1cnc(C2(N)CCC2C)nc1. The van der Waals surface area contributed by atoms with Gasteiger partial charge < -0.3 is 5.73 Å². The minimum atomic E-state index is -0.268. The van der Waals surface area contributed by atoms with Crippen LogP contribution in [-0.2, 0) is 5.54 Å². The van der Waals surface area contributed by atoms with Crippen LogP contribution in [0.3, 0.4) is 0 Å². The molecule has 82 valence electrons. The fraction of sp³-hybridized carbons (Fsp3) is 0.667. The molecule has 3 nitrogen and oxygen atoms in total. The van der Waals surface area contributed by atoms with E-state index in [1.165, 1.54) is 12.0 Å². The van der Waals surface area contributed by atoms with Crippen molar-refractivity contribution in [3.05, 3.63) is 23.8 Å². The summed E-state index contributed by atoms with van der Waals surface area (Å²) in [4.78, 5) is 8.82. The van der Waals surface area contributed by atoms with Crippen LogP contribution in [0.2, 0.25) is 0 Å². The molecular formula is C12H19N3. The summed E-state index contributed by atoms with van der Waals surface area (Å²) >= 11 is 0. The zero-order chi connectivity index (χ0) is 11.1. The second kappa shape index (κ2) is 3.56. The fourth-order valence-corrected chi connectivity index (χ4v) is 1.95. The highest BCUT2D eigenvalue weighted by Gasteiger charge is 2.44. The molecule has 0 spiro atoms. The van der Waals surface area contributed by atoms with Gasteiger partial charge in [-0.3, -0.25) is 0 Å². The van der Waals surface area contributed by atoms with Crippen molar-refractivity contribution in [2.45, 2.75) is 45.1 Å². The van der Waals surface area contributed by atoms with Crippen molar-refractivity contribution in [1.82, 2.24) is 9.97 Å². The molecule has 0 radical (unpaired) electrons. The summed E-state index contributed by atoms with van der Waals surface area (Å²) in [5.41, 5.74) is 7.18. The quantitative estimate of drug-likeness (QED) is 0.805. The summed E-state index contributed by atoms with van der Waals surface area (Å²) in [5, 5.41) is 0. The highest BCUT2D eigenvalue weighted by atomic mass is 15.0. The largest absolute Gasteiger partial charge is 0.319 e. The Labute approximate surface area is 91.1 Å². The monoisotopic (exact) mass is 205 g/mol. The lowest BCUT2D eigenvalue weighted by molar-refractivity contribution is 0.134. The Balaban J connectivity index is 2.24. The van der Waals surface area contributed by atoms with Gasteiger partial charge in [0.2, 0.25) is 0 Å². The summed E-state index contributed by atoms with van der Waals surface area (Å²) in [7, 11) is 0. The van der Waals surface area contributed by atoms with Gasteiger partial charge >= 0.3 is 0 Å². The maximum atomic E-state index is 6.27. The first-order valence-electron chi connectivity index (χ1n) is 5.65. The third-order valence-electron chi connectivity index (χ3n) is 3.63. The lowest BCUT2D eigenvalue weighted by atomic mass is 9.68. The normalized spacial score (nSPS) is 30.3. The van der Waals surface area contributed by atoms with E-state index in [-0.39, 0.29) is 5.54 Å². The van der Waals surface area contributed by atoms with Crippen LogP contribution in [0.1, 0.15) is 50.9 Å². The van der Waals surface area contributed by atoms with Gasteiger partial charge in [0.05, 0.1) is 5.54 Å². The van der Waals surface area contributed by atoms with E-state index in [2.05, 4.69) is 30.7 Å². The molecule has 1 aromatic heterocycles. The van der Waals surface area contributed by atoms with Crippen molar-refractivity contribution in [2.75, 3.05) is 0 Å². The molecule has 0 bridgehead atoms. The molecule has 1 aliphatic rings. The van der Waals surface area contributed by atoms with Crippen LogP contribution in [-0.4, -0.2) is 9.97 Å². The Morgan fingerprint density at radius 2 is 2.00 bits per heavy atom. The van der Waals surface area contributed by atoms with Crippen molar-refractivity contribution in [1.29, 1.82) is 0 Å². The van der Waals surface area contributed by atoms with Crippen LogP contribution in [0.5, 0.6) is 0 Å². The van der Waals surface area contributed by atoms with Gasteiger partial charge in [-0.15, -0.1) is 0 Å². The number of rotatable bonds is 2. The smallest absolute Gasteiger partial charge is 0.148 e. The van der Waals surface area contributed by atoms with Crippen LogP contribution in [0.15, 0.2) is 12.4 Å². The lowest BCUT2D eigenvalue weighted by Crippen LogP contribution is -2.51. The van der Waals surface area contributed by atoms with E-state index in [1.807, 2.05) is 12.4 Å². The van der Waals surface area contributed by atoms with Crippen molar-refractivity contribution < 1.29 is 0 Å². The van der Waals surface area contributed by atoms with Crippen molar-refractivity contribution in [2.24, 2.45) is 11.7 Å². The number of nitrogens with two attached hydrogens (primary N) is 1. The summed E-state index contributed by atoms with van der Waals surface area (Å²) in [6.45, 7) is 6.45. The molecule has 0 aliphatic heterocycles. The number of hydrogen-bond acceptors (Lipinski definition) is 3. The van der Waals surface area contributed by atoms with Crippen LogP contribution >= 0.6 is 0 Å². The molecule has 2 unspecified atom stereocenters. The predicted molar refractivity (Wildman–Crippen MR) is 60.4 cm³/mol. The van der Waals surface area contributed by atoms with E-state index in [1.54, 1.807) is 0 Å². The summed E-state index contributed by atoms with van der Waals surface area (Å²) in [6, 6.07) is 0. The molecule has 0 amide bonds. The van der Waals surface area contributed by atoms with Crippen LogP contribution < -0.4 is 5.73 Å². The standard InChI is InChI=1S/C12H19N3/c1-8(2)10-6-14-11(15-7-10)12(13)5-4-9(12)3/h6-9H,4-5,13H2,1-3H3. The maximum absolute atomic E-state index is 6.27. The molecule has 0 saturated heterocycles. The zero-order valence-electron chi connectivity index (χ0n) is 9.70. The van der Waals surface area contributed by atoms with E-state index < -0.39 is 0 Å². The molecule has 2 atom stereocenters. The van der Waals surface area contributed by atoms with Gasteiger partial charge in [-0.2, -0.15) is 0 Å². The van der Waals surface area contributed by atoms with Crippen LogP contribution in [0, 0.1) is 5.92 Å². The fourth-order valence-electron chi connectivity index (χ4n) is 1.95. The van der Waals surface area contributed by atoms with Gasteiger partial charge in [-0.05, 0) is 30.2 Å². The number of nitrogens with zero attached hydrogens (tertiary/aromatic N) is 2. The molecule has 3 heteroatoms. The number of hydrogen-bond donors (Lipinski definition) is 1. The Kier molecular flexibility index (Phi) is 2.51. The van der Waals surface area contributed by atoms with Crippen LogP contribution in [0.25, 0.3) is 0 Å². The molecular weight excluding hydrogens is 186 g/mol. The lowest BCUT2D eigenvalue weighted by Gasteiger charge is -2.43. The highest BCUT2D eigenvalue weighted by Crippen LogP contribution is 2.42. The molecule has 1 fully saturated rings. The third-order valence-corrected chi connectivity index (χ3v) is 3.63. The van der Waals surface area contributed by atoms with Gasteiger partial charge in [0, 0.05) is 12.4 Å².